The summed E-state index contributed by atoms with van der Waals surface area (Å²) in [4.78, 5) is 29.0. The van der Waals surface area contributed by atoms with Crippen LogP contribution in [0.5, 0.6) is 0 Å². The maximum Gasteiger partial charge on any atom is 0.264 e. The van der Waals surface area contributed by atoms with Crippen LogP contribution in [-0.2, 0) is 32.6 Å². The number of carbonyl (C=O) groups excluding carboxylic acids is 2. The second-order valence-electron chi connectivity index (χ2n) is 10.1. The molecule has 44 heavy (non-hydrogen) atoms. The highest BCUT2D eigenvalue weighted by atomic mass is 35.5. The maximum atomic E-state index is 14.9. The molecule has 4 aromatic carbocycles. The molecule has 0 radical (unpaired) electrons. The van der Waals surface area contributed by atoms with Crippen molar-refractivity contribution in [3.63, 3.8) is 0 Å². The Morgan fingerprint density at radius 3 is 2.20 bits per heavy atom. The number of hydrogen-bond donors (Lipinski definition) is 1. The number of anilines is 1. The Labute approximate surface area is 267 Å². The second kappa shape index (κ2) is 14.7. The number of halogens is 3. The standard InChI is InChI=1S/C33H32Cl2FN3O4S/c1-3-37-33(41)30(20-24-10-5-4-6-11-24)38(21-25-12-7-8-14-28(25)36)31(40)22-39(29-15-9-13-27(34)32(29)35)44(42,43)26-18-16-23(2)17-19-26/h4-19,30H,3,20-22H2,1-2H3,(H,37,41). The van der Waals surface area contributed by atoms with Crippen molar-refractivity contribution >= 4 is 50.7 Å². The van der Waals surface area contributed by atoms with E-state index in [4.69, 9.17) is 23.2 Å². The van der Waals surface area contributed by atoms with E-state index in [9.17, 15) is 22.4 Å². The highest BCUT2D eigenvalue weighted by Gasteiger charge is 2.35. The number of nitrogens with one attached hydrogen (secondary N) is 1. The van der Waals surface area contributed by atoms with Gasteiger partial charge in [-0.15, -0.1) is 0 Å². The van der Waals surface area contributed by atoms with Crippen LogP contribution in [-0.4, -0.2) is 44.3 Å². The van der Waals surface area contributed by atoms with Crippen molar-refractivity contribution in [2.75, 3.05) is 17.4 Å². The first-order valence-corrected chi connectivity index (χ1v) is 16.1. The molecule has 1 N–H and O–H groups in total. The Morgan fingerprint density at radius 2 is 1.55 bits per heavy atom. The Bertz CT molecular complexity index is 1720. The van der Waals surface area contributed by atoms with Crippen LogP contribution in [0.4, 0.5) is 10.1 Å². The Hall–Kier alpha value is -3.92. The van der Waals surface area contributed by atoms with Gasteiger partial charge in [0, 0.05) is 25.1 Å². The number of nitrogens with zero attached hydrogens (tertiary/aromatic N) is 2. The SMILES string of the molecule is CCNC(=O)C(Cc1ccccc1)N(Cc1ccccc1F)C(=O)CN(c1cccc(Cl)c1Cl)S(=O)(=O)c1ccc(C)cc1. The zero-order chi connectivity index (χ0) is 31.9. The zero-order valence-electron chi connectivity index (χ0n) is 24.2. The van der Waals surface area contributed by atoms with Crippen molar-refractivity contribution in [1.82, 2.24) is 10.2 Å². The third-order valence-corrected chi connectivity index (χ3v) is 9.59. The first kappa shape index (κ1) is 33.0. The summed E-state index contributed by atoms with van der Waals surface area (Å²) >= 11 is 12.8. The first-order valence-electron chi connectivity index (χ1n) is 13.9. The summed E-state index contributed by atoms with van der Waals surface area (Å²) in [6, 6.07) is 24.5. The fourth-order valence-electron chi connectivity index (χ4n) is 4.69. The molecular formula is C33H32Cl2FN3O4S. The van der Waals surface area contributed by atoms with Crippen molar-refractivity contribution in [2.45, 2.75) is 37.8 Å². The van der Waals surface area contributed by atoms with E-state index in [1.807, 2.05) is 37.3 Å². The lowest BCUT2D eigenvalue weighted by Crippen LogP contribution is -2.53. The van der Waals surface area contributed by atoms with Crippen LogP contribution in [0.2, 0.25) is 10.0 Å². The van der Waals surface area contributed by atoms with E-state index in [2.05, 4.69) is 5.32 Å². The summed E-state index contributed by atoms with van der Waals surface area (Å²) in [5.41, 5.74) is 1.75. The van der Waals surface area contributed by atoms with Gasteiger partial charge in [0.25, 0.3) is 10.0 Å². The predicted octanol–water partition coefficient (Wildman–Crippen LogP) is 6.41. The van der Waals surface area contributed by atoms with Crippen LogP contribution in [0.1, 0.15) is 23.6 Å². The van der Waals surface area contributed by atoms with E-state index in [-0.39, 0.29) is 45.7 Å². The Kier molecular flexibility index (Phi) is 11.0. The molecule has 0 fully saturated rings. The molecule has 1 atom stereocenters. The summed E-state index contributed by atoms with van der Waals surface area (Å²) in [6.07, 6.45) is 0.107. The van der Waals surface area contributed by atoms with Crippen molar-refractivity contribution in [3.05, 3.63) is 130 Å². The minimum atomic E-state index is -4.37. The second-order valence-corrected chi connectivity index (χ2v) is 12.8. The molecule has 0 saturated heterocycles. The average Bonchev–Trinajstić information content (AvgIpc) is 3.01. The largest absolute Gasteiger partial charge is 0.355 e. The minimum absolute atomic E-state index is 0.0171. The van der Waals surface area contributed by atoms with Crippen LogP contribution in [0, 0.1) is 12.7 Å². The van der Waals surface area contributed by atoms with E-state index in [0.717, 1.165) is 15.4 Å². The number of hydrogen-bond acceptors (Lipinski definition) is 4. The number of aryl methyl sites for hydroxylation is 1. The van der Waals surface area contributed by atoms with E-state index in [0.29, 0.717) is 0 Å². The predicted molar refractivity (Wildman–Crippen MR) is 172 cm³/mol. The van der Waals surface area contributed by atoms with E-state index >= 15 is 0 Å². The van der Waals surface area contributed by atoms with E-state index in [1.54, 1.807) is 25.1 Å². The lowest BCUT2D eigenvalue weighted by atomic mass is 10.0. The quantitative estimate of drug-likeness (QED) is 0.191. The van der Waals surface area contributed by atoms with Crippen LogP contribution in [0.25, 0.3) is 0 Å². The number of amides is 2. The van der Waals surface area contributed by atoms with Crippen molar-refractivity contribution in [1.29, 1.82) is 0 Å². The van der Waals surface area contributed by atoms with Gasteiger partial charge < -0.3 is 10.2 Å². The fraction of sp³-hybridized carbons (Fsp3) is 0.212. The summed E-state index contributed by atoms with van der Waals surface area (Å²) < 4.78 is 44.0. The van der Waals surface area contributed by atoms with Crippen LogP contribution < -0.4 is 9.62 Å². The van der Waals surface area contributed by atoms with Gasteiger partial charge in [-0.05, 0) is 49.7 Å². The molecule has 0 aliphatic heterocycles. The van der Waals surface area contributed by atoms with Crippen molar-refractivity contribution < 1.29 is 22.4 Å². The highest BCUT2D eigenvalue weighted by Crippen LogP contribution is 2.35. The topological polar surface area (TPSA) is 86.8 Å². The molecule has 4 rings (SSSR count). The van der Waals surface area contributed by atoms with E-state index in [1.165, 1.54) is 53.4 Å². The molecule has 0 saturated carbocycles. The van der Waals surface area contributed by atoms with Gasteiger partial charge in [-0.2, -0.15) is 0 Å². The van der Waals surface area contributed by atoms with Gasteiger partial charge in [0.2, 0.25) is 11.8 Å². The molecule has 7 nitrogen and oxygen atoms in total. The molecule has 0 aliphatic rings. The molecule has 11 heteroatoms. The first-order chi connectivity index (χ1) is 21.0. The lowest BCUT2D eigenvalue weighted by molar-refractivity contribution is -0.140. The molecule has 0 heterocycles. The maximum absolute atomic E-state index is 14.9. The third-order valence-electron chi connectivity index (χ3n) is 7.01. The molecule has 0 spiro atoms. The zero-order valence-corrected chi connectivity index (χ0v) is 26.5. The molecular weight excluding hydrogens is 624 g/mol. The minimum Gasteiger partial charge on any atom is -0.355 e. The lowest BCUT2D eigenvalue weighted by Gasteiger charge is -2.34. The Balaban J connectivity index is 1.84. The summed E-state index contributed by atoms with van der Waals surface area (Å²) in [5.74, 6) is -1.77. The molecule has 0 aliphatic carbocycles. The summed E-state index contributed by atoms with van der Waals surface area (Å²) in [5, 5.41) is 2.79. The van der Waals surface area contributed by atoms with Crippen molar-refractivity contribution in [3.8, 4) is 0 Å². The van der Waals surface area contributed by atoms with Gasteiger partial charge in [-0.1, -0.05) is 95.5 Å². The number of likely N-dealkylation sites (N-methyl/N-ethyl adjacent to an activating group) is 1. The van der Waals surface area contributed by atoms with Gasteiger partial charge >= 0.3 is 0 Å². The summed E-state index contributed by atoms with van der Waals surface area (Å²) in [6.45, 7) is 2.83. The summed E-state index contributed by atoms with van der Waals surface area (Å²) in [7, 11) is -4.37. The van der Waals surface area contributed by atoms with Gasteiger partial charge in [-0.3, -0.25) is 13.9 Å². The molecule has 0 aromatic heterocycles. The van der Waals surface area contributed by atoms with Gasteiger partial charge in [0.15, 0.2) is 0 Å². The van der Waals surface area contributed by atoms with E-state index < -0.39 is 40.2 Å². The molecule has 4 aromatic rings. The van der Waals surface area contributed by atoms with Crippen LogP contribution >= 0.6 is 23.2 Å². The number of benzene rings is 4. The number of rotatable bonds is 12. The third kappa shape index (κ3) is 7.77. The fourth-order valence-corrected chi connectivity index (χ4v) is 6.57. The molecule has 1 unspecified atom stereocenters. The number of sulfonamides is 1. The van der Waals surface area contributed by atoms with Gasteiger partial charge in [0.05, 0.1) is 20.6 Å². The van der Waals surface area contributed by atoms with Crippen LogP contribution in [0.3, 0.4) is 0 Å². The van der Waals surface area contributed by atoms with Gasteiger partial charge in [-0.25, -0.2) is 12.8 Å². The monoisotopic (exact) mass is 655 g/mol. The van der Waals surface area contributed by atoms with Crippen LogP contribution in [0.15, 0.2) is 102 Å². The molecule has 2 amide bonds. The molecule has 0 bridgehead atoms. The average molecular weight is 657 g/mol. The highest BCUT2D eigenvalue weighted by molar-refractivity contribution is 7.92. The van der Waals surface area contributed by atoms with Gasteiger partial charge in [0.1, 0.15) is 18.4 Å². The normalized spacial score (nSPS) is 11.9. The van der Waals surface area contributed by atoms with Crippen molar-refractivity contribution in [2.24, 2.45) is 0 Å². The number of carbonyl (C=O) groups is 2. The Morgan fingerprint density at radius 1 is 0.886 bits per heavy atom. The molecule has 230 valence electrons. The smallest absolute Gasteiger partial charge is 0.264 e.